The minimum atomic E-state index is 0.148. The van der Waals surface area contributed by atoms with Gasteiger partial charge in [-0.05, 0) is 86.8 Å². The number of rotatable bonds is 21. The molecule has 2 rings (SSSR count). The molecule has 40 heavy (non-hydrogen) atoms. The Balaban J connectivity index is 1.80. The van der Waals surface area contributed by atoms with E-state index in [0.717, 1.165) is 62.5 Å². The molecule has 6 heteroatoms. The van der Waals surface area contributed by atoms with Crippen molar-refractivity contribution in [3.63, 3.8) is 0 Å². The summed E-state index contributed by atoms with van der Waals surface area (Å²) in [6.45, 7) is 4.43. The molecule has 4 N–H and O–H groups in total. The van der Waals surface area contributed by atoms with Crippen LogP contribution in [0.15, 0.2) is 46.7 Å². The summed E-state index contributed by atoms with van der Waals surface area (Å²) in [6.07, 6.45) is 18.7. The van der Waals surface area contributed by atoms with Gasteiger partial charge in [0.15, 0.2) is 0 Å². The van der Waals surface area contributed by atoms with Gasteiger partial charge in [-0.2, -0.15) is 0 Å². The third kappa shape index (κ3) is 12.0. The molecule has 222 valence electrons. The fourth-order valence-corrected chi connectivity index (χ4v) is 5.22. The van der Waals surface area contributed by atoms with E-state index in [1.54, 1.807) is 12.1 Å². The summed E-state index contributed by atoms with van der Waals surface area (Å²) in [5.74, 6) is 0.295. The number of phenolic OH excluding ortho intramolecular Hbond substituents is 2. The van der Waals surface area contributed by atoms with E-state index in [1.165, 1.54) is 51.4 Å². The van der Waals surface area contributed by atoms with E-state index in [1.807, 2.05) is 24.3 Å². The minimum absolute atomic E-state index is 0.148. The molecule has 6 nitrogen and oxygen atoms in total. The van der Waals surface area contributed by atoms with Gasteiger partial charge in [0.1, 0.15) is 11.5 Å². The van der Waals surface area contributed by atoms with Gasteiger partial charge in [-0.15, -0.1) is 0 Å². The first-order valence-electron chi connectivity index (χ1n) is 15.6. The van der Waals surface area contributed by atoms with Crippen molar-refractivity contribution in [2.45, 2.75) is 129 Å². The Morgan fingerprint density at radius 2 is 0.900 bits per heavy atom. The van der Waals surface area contributed by atoms with Crippen LogP contribution in [0.5, 0.6) is 11.5 Å². The van der Waals surface area contributed by atoms with Crippen molar-refractivity contribution >= 4 is 11.4 Å². The average Bonchev–Trinajstić information content (AvgIpc) is 2.96. The molecule has 0 fully saturated rings. The van der Waals surface area contributed by atoms with Crippen molar-refractivity contribution in [1.29, 1.82) is 0 Å². The van der Waals surface area contributed by atoms with Gasteiger partial charge >= 0.3 is 0 Å². The minimum Gasteiger partial charge on any atom is -0.507 e. The third-order valence-corrected chi connectivity index (χ3v) is 7.70. The van der Waals surface area contributed by atoms with E-state index in [-0.39, 0.29) is 11.5 Å². The van der Waals surface area contributed by atoms with Crippen LogP contribution in [-0.2, 0) is 12.8 Å². The van der Waals surface area contributed by atoms with Crippen LogP contribution in [0.2, 0.25) is 0 Å². The van der Waals surface area contributed by atoms with Gasteiger partial charge in [-0.3, -0.25) is 0 Å². The number of hydrogen-bond donors (Lipinski definition) is 4. The molecule has 0 amide bonds. The van der Waals surface area contributed by atoms with Gasteiger partial charge in [0.05, 0.1) is 11.4 Å². The van der Waals surface area contributed by atoms with Gasteiger partial charge < -0.3 is 20.6 Å². The van der Waals surface area contributed by atoms with Crippen LogP contribution < -0.4 is 0 Å². The van der Waals surface area contributed by atoms with Gasteiger partial charge in [-0.1, -0.05) is 100 Å². The second-order valence-electron chi connectivity index (χ2n) is 11.0. The average molecular weight is 553 g/mol. The highest BCUT2D eigenvalue weighted by molar-refractivity contribution is 6.03. The SMILES string of the molecule is CCCCCCCc1ccc(O)c(/C(CCCCCC/C(=N\O)c2cc(CCCCCCC)ccc2O)=N/O)c1. The molecular weight excluding hydrogens is 500 g/mol. The smallest absolute Gasteiger partial charge is 0.124 e. The number of oxime groups is 2. The maximum atomic E-state index is 10.4. The highest BCUT2D eigenvalue weighted by Gasteiger charge is 2.13. The Morgan fingerprint density at radius 3 is 1.27 bits per heavy atom. The number of nitrogens with zero attached hydrogens (tertiary/aromatic N) is 2. The number of phenols is 2. The molecule has 0 atom stereocenters. The van der Waals surface area contributed by atoms with Gasteiger partial charge in [0.25, 0.3) is 0 Å². The molecular formula is C34H52N2O4. The molecule has 0 unspecified atom stereocenters. The Morgan fingerprint density at radius 1 is 0.525 bits per heavy atom. The van der Waals surface area contributed by atoms with Crippen molar-refractivity contribution in [2.75, 3.05) is 0 Å². The Hall–Kier alpha value is -3.02. The summed E-state index contributed by atoms with van der Waals surface area (Å²) in [7, 11) is 0. The molecule has 2 aromatic carbocycles. The first kappa shape index (κ1) is 33.2. The third-order valence-electron chi connectivity index (χ3n) is 7.70. The van der Waals surface area contributed by atoms with Crippen LogP contribution in [0, 0.1) is 0 Å². The van der Waals surface area contributed by atoms with E-state index >= 15 is 0 Å². The van der Waals surface area contributed by atoms with E-state index in [9.17, 15) is 20.6 Å². The van der Waals surface area contributed by atoms with Crippen molar-refractivity contribution in [2.24, 2.45) is 10.3 Å². The van der Waals surface area contributed by atoms with Crippen LogP contribution in [0.4, 0.5) is 0 Å². The molecule has 0 radical (unpaired) electrons. The van der Waals surface area contributed by atoms with Crippen LogP contribution in [0.3, 0.4) is 0 Å². The van der Waals surface area contributed by atoms with Crippen molar-refractivity contribution in [3.8, 4) is 11.5 Å². The van der Waals surface area contributed by atoms with E-state index in [2.05, 4.69) is 24.2 Å². The number of unbranched alkanes of at least 4 members (excludes halogenated alkanes) is 11. The highest BCUT2D eigenvalue weighted by Crippen LogP contribution is 2.25. The molecule has 0 aliphatic carbocycles. The largest absolute Gasteiger partial charge is 0.507 e. The Bertz CT molecular complexity index is 965. The molecule has 0 aliphatic rings. The number of hydrogen-bond acceptors (Lipinski definition) is 6. The zero-order chi connectivity index (χ0) is 29.0. The predicted molar refractivity (Wildman–Crippen MR) is 165 cm³/mol. The van der Waals surface area contributed by atoms with Gasteiger partial charge in [0, 0.05) is 11.1 Å². The quantitative estimate of drug-likeness (QED) is 0.0535. The molecule has 0 aliphatic heterocycles. The molecule has 0 bridgehead atoms. The molecule has 2 aromatic rings. The maximum Gasteiger partial charge on any atom is 0.124 e. The Kier molecular flexibility index (Phi) is 16.5. The Labute approximate surface area is 241 Å². The summed E-state index contributed by atoms with van der Waals surface area (Å²) in [6, 6.07) is 11.2. The zero-order valence-corrected chi connectivity index (χ0v) is 24.9. The summed E-state index contributed by atoms with van der Waals surface area (Å²) in [5.41, 5.74) is 4.57. The van der Waals surface area contributed by atoms with Crippen molar-refractivity contribution in [1.82, 2.24) is 0 Å². The number of aryl methyl sites for hydroxylation is 2. The lowest BCUT2D eigenvalue weighted by molar-refractivity contribution is 0.317. The van der Waals surface area contributed by atoms with Crippen molar-refractivity contribution in [3.05, 3.63) is 58.7 Å². The molecule has 0 saturated heterocycles. The van der Waals surface area contributed by atoms with Gasteiger partial charge in [0.2, 0.25) is 0 Å². The number of aromatic hydroxyl groups is 2. The molecule has 0 aromatic heterocycles. The van der Waals surface area contributed by atoms with Crippen molar-refractivity contribution < 1.29 is 20.6 Å². The maximum absolute atomic E-state index is 10.4. The lowest BCUT2D eigenvalue weighted by Crippen LogP contribution is -2.04. The lowest BCUT2D eigenvalue weighted by atomic mass is 9.96. The topological polar surface area (TPSA) is 106 Å². The van der Waals surface area contributed by atoms with Crippen LogP contribution >= 0.6 is 0 Å². The summed E-state index contributed by atoms with van der Waals surface area (Å²) < 4.78 is 0. The first-order valence-corrected chi connectivity index (χ1v) is 15.6. The normalized spacial score (nSPS) is 12.2. The lowest BCUT2D eigenvalue weighted by Gasteiger charge is -2.11. The molecule has 0 heterocycles. The van der Waals surface area contributed by atoms with Gasteiger partial charge in [-0.25, -0.2) is 0 Å². The number of benzene rings is 2. The zero-order valence-electron chi connectivity index (χ0n) is 24.9. The first-order chi connectivity index (χ1) is 19.5. The predicted octanol–water partition coefficient (Wildman–Crippen LogP) is 9.52. The van der Waals surface area contributed by atoms with E-state index in [4.69, 9.17) is 0 Å². The van der Waals surface area contributed by atoms with Crippen LogP contribution in [0.1, 0.15) is 139 Å². The monoisotopic (exact) mass is 552 g/mol. The standard InChI is InChI=1S/C34H52N2O4/c1-3-5-7-9-13-17-27-21-23-33(37)29(25-27)31(35-39)19-15-11-12-16-20-32(36-40)30-26-28(22-24-34(30)38)18-14-10-8-6-4-2/h21-26,37-40H,3-20H2,1-2H3/b35-31+,36-32+. The van der Waals surface area contributed by atoms with Crippen LogP contribution in [0.25, 0.3) is 0 Å². The van der Waals surface area contributed by atoms with E-state index < -0.39 is 0 Å². The molecule has 0 saturated carbocycles. The summed E-state index contributed by atoms with van der Waals surface area (Å²) in [4.78, 5) is 0. The second-order valence-corrected chi connectivity index (χ2v) is 11.0. The summed E-state index contributed by atoms with van der Waals surface area (Å²) in [5, 5.41) is 47.1. The fourth-order valence-electron chi connectivity index (χ4n) is 5.22. The second kappa shape index (κ2) is 19.9. The van der Waals surface area contributed by atoms with Crippen LogP contribution in [-0.4, -0.2) is 32.1 Å². The fraction of sp³-hybridized carbons (Fsp3) is 0.588. The molecule has 0 spiro atoms. The summed E-state index contributed by atoms with van der Waals surface area (Å²) >= 11 is 0. The highest BCUT2D eigenvalue weighted by atomic mass is 16.4. The van der Waals surface area contributed by atoms with E-state index in [0.29, 0.717) is 35.4 Å².